The van der Waals surface area contributed by atoms with Crippen molar-refractivity contribution in [1.82, 2.24) is 0 Å². The van der Waals surface area contributed by atoms with E-state index in [4.69, 9.17) is 21.1 Å². The van der Waals surface area contributed by atoms with Crippen LogP contribution in [0.3, 0.4) is 0 Å². The minimum Gasteiger partial charge on any atom is -0.464 e. The first kappa shape index (κ1) is 18.3. The fraction of sp³-hybridized carbons (Fsp3) is 0.533. The van der Waals surface area contributed by atoms with Crippen molar-refractivity contribution in [1.29, 1.82) is 0 Å². The van der Waals surface area contributed by atoms with E-state index in [2.05, 4.69) is 21.2 Å². The molecule has 0 bridgehead atoms. The Morgan fingerprint density at radius 3 is 2.67 bits per heavy atom. The molecule has 1 aromatic rings. The van der Waals surface area contributed by atoms with Crippen LogP contribution in [0.2, 0.25) is 5.02 Å². The molecule has 4 nitrogen and oxygen atoms in total. The first-order valence-electron chi connectivity index (χ1n) is 6.72. The van der Waals surface area contributed by atoms with Crippen LogP contribution >= 0.6 is 27.5 Å². The van der Waals surface area contributed by atoms with Crippen molar-refractivity contribution in [3.05, 3.63) is 27.7 Å². The number of anilines is 1. The Hall–Kier alpha value is -0.780. The Labute approximate surface area is 139 Å². The van der Waals surface area contributed by atoms with E-state index in [1.807, 2.05) is 26.0 Å². The lowest BCUT2D eigenvalue weighted by Gasteiger charge is -2.28. The van der Waals surface area contributed by atoms with Crippen LogP contribution in [0.4, 0.5) is 5.69 Å². The second kappa shape index (κ2) is 8.01. The van der Waals surface area contributed by atoms with Gasteiger partial charge in [0.05, 0.1) is 17.2 Å². The van der Waals surface area contributed by atoms with Crippen LogP contribution in [0.5, 0.6) is 0 Å². The van der Waals surface area contributed by atoms with Gasteiger partial charge in [-0.1, -0.05) is 11.6 Å². The van der Waals surface area contributed by atoms with Gasteiger partial charge in [0, 0.05) is 23.7 Å². The maximum absolute atomic E-state index is 12.1. The van der Waals surface area contributed by atoms with Gasteiger partial charge in [-0.15, -0.1) is 0 Å². The molecule has 1 atom stereocenters. The molecular formula is C15H21BrClNO3. The third kappa shape index (κ3) is 5.85. The highest BCUT2D eigenvalue weighted by molar-refractivity contribution is 9.10. The van der Waals surface area contributed by atoms with Crippen molar-refractivity contribution < 1.29 is 14.3 Å². The van der Waals surface area contributed by atoms with Gasteiger partial charge in [0.15, 0.2) is 0 Å². The molecule has 0 saturated carbocycles. The summed E-state index contributed by atoms with van der Waals surface area (Å²) in [7, 11) is 1.63. The van der Waals surface area contributed by atoms with Gasteiger partial charge in [-0.3, -0.25) is 0 Å². The van der Waals surface area contributed by atoms with Crippen LogP contribution < -0.4 is 5.32 Å². The smallest absolute Gasteiger partial charge is 0.328 e. The highest BCUT2D eigenvalue weighted by atomic mass is 79.9. The van der Waals surface area contributed by atoms with Crippen LogP contribution in [0, 0.1) is 0 Å². The van der Waals surface area contributed by atoms with Crippen LogP contribution in [0.15, 0.2) is 22.7 Å². The Kier molecular flexibility index (Phi) is 6.97. The van der Waals surface area contributed by atoms with Gasteiger partial charge in [-0.2, -0.15) is 0 Å². The number of hydrogen-bond donors (Lipinski definition) is 1. The van der Waals surface area contributed by atoms with Crippen LogP contribution in [-0.2, 0) is 14.3 Å². The predicted octanol–water partition coefficient (Wildman–Crippen LogP) is 4.26. The van der Waals surface area contributed by atoms with Crippen molar-refractivity contribution in [2.75, 3.05) is 19.0 Å². The van der Waals surface area contributed by atoms with Gasteiger partial charge >= 0.3 is 5.97 Å². The van der Waals surface area contributed by atoms with Crippen LogP contribution in [0.25, 0.3) is 0 Å². The van der Waals surface area contributed by atoms with Gasteiger partial charge in [0.2, 0.25) is 0 Å². The van der Waals surface area contributed by atoms with E-state index in [1.54, 1.807) is 20.1 Å². The maximum atomic E-state index is 12.1. The molecule has 0 heterocycles. The number of carbonyl (C=O) groups is 1. The molecule has 21 heavy (non-hydrogen) atoms. The summed E-state index contributed by atoms with van der Waals surface area (Å²) >= 11 is 9.34. The molecule has 0 aliphatic rings. The first-order chi connectivity index (χ1) is 9.79. The number of rotatable bonds is 7. The van der Waals surface area contributed by atoms with E-state index in [0.29, 0.717) is 18.1 Å². The molecule has 0 aromatic heterocycles. The fourth-order valence-corrected chi connectivity index (χ4v) is 2.29. The van der Waals surface area contributed by atoms with E-state index in [-0.39, 0.29) is 5.97 Å². The molecule has 0 aliphatic carbocycles. The number of methoxy groups -OCH3 is 1. The Bertz CT molecular complexity index is 494. The lowest BCUT2D eigenvalue weighted by atomic mass is 9.98. The molecule has 0 spiro atoms. The quantitative estimate of drug-likeness (QED) is 0.720. The Morgan fingerprint density at radius 1 is 1.48 bits per heavy atom. The summed E-state index contributed by atoms with van der Waals surface area (Å²) in [6, 6.07) is 4.92. The van der Waals surface area contributed by atoms with Crippen molar-refractivity contribution >= 4 is 39.2 Å². The average Bonchev–Trinajstić information content (AvgIpc) is 2.42. The standard InChI is InChI=1S/C15H21BrClNO3/c1-5-21-14(19)13(9-15(2,3)20-4)18-10-6-7-12(17)11(16)8-10/h6-8,13,18H,5,9H2,1-4H3. The third-order valence-electron chi connectivity index (χ3n) is 3.08. The zero-order chi connectivity index (χ0) is 16.0. The van der Waals surface area contributed by atoms with Crippen molar-refractivity contribution in [2.24, 2.45) is 0 Å². The summed E-state index contributed by atoms with van der Waals surface area (Å²) in [5.74, 6) is -0.298. The summed E-state index contributed by atoms with van der Waals surface area (Å²) in [5, 5.41) is 3.80. The number of esters is 1. The molecule has 0 amide bonds. The monoisotopic (exact) mass is 377 g/mol. The van der Waals surface area contributed by atoms with Gasteiger partial charge < -0.3 is 14.8 Å². The minimum absolute atomic E-state index is 0.298. The second-order valence-corrected chi connectivity index (χ2v) is 6.51. The lowest BCUT2D eigenvalue weighted by Crippen LogP contribution is -2.39. The maximum Gasteiger partial charge on any atom is 0.328 e. The zero-order valence-corrected chi connectivity index (χ0v) is 15.0. The summed E-state index contributed by atoms with van der Waals surface area (Å²) in [5.41, 5.74) is 0.352. The highest BCUT2D eigenvalue weighted by Crippen LogP contribution is 2.27. The summed E-state index contributed by atoms with van der Waals surface area (Å²) in [4.78, 5) is 12.1. The molecule has 0 radical (unpaired) electrons. The third-order valence-corrected chi connectivity index (χ3v) is 4.29. The fourth-order valence-electron chi connectivity index (χ4n) is 1.80. The number of benzene rings is 1. The van der Waals surface area contributed by atoms with Gasteiger partial charge in [-0.05, 0) is 54.9 Å². The van der Waals surface area contributed by atoms with Crippen molar-refractivity contribution in [3.8, 4) is 0 Å². The molecule has 0 saturated heterocycles. The topological polar surface area (TPSA) is 47.6 Å². The average molecular weight is 379 g/mol. The first-order valence-corrected chi connectivity index (χ1v) is 7.89. The normalized spacial score (nSPS) is 12.9. The van der Waals surface area contributed by atoms with E-state index in [1.165, 1.54) is 0 Å². The molecular weight excluding hydrogens is 358 g/mol. The molecule has 0 fully saturated rings. The minimum atomic E-state index is -0.493. The number of nitrogens with one attached hydrogen (secondary N) is 1. The predicted molar refractivity (Wildman–Crippen MR) is 88.9 cm³/mol. The molecule has 118 valence electrons. The molecule has 1 unspecified atom stereocenters. The number of hydrogen-bond acceptors (Lipinski definition) is 4. The second-order valence-electron chi connectivity index (χ2n) is 5.25. The number of ether oxygens (including phenoxy) is 2. The molecule has 1 aromatic carbocycles. The molecule has 1 N–H and O–H groups in total. The van der Waals surface area contributed by atoms with Crippen LogP contribution in [0.1, 0.15) is 27.2 Å². The Balaban J connectivity index is 2.90. The SMILES string of the molecule is CCOC(=O)C(CC(C)(C)OC)Nc1ccc(Cl)c(Br)c1. The van der Waals surface area contributed by atoms with Crippen LogP contribution in [-0.4, -0.2) is 31.3 Å². The van der Waals surface area contributed by atoms with E-state index >= 15 is 0 Å². The van der Waals surface area contributed by atoms with E-state index in [0.717, 1.165) is 10.2 Å². The lowest BCUT2D eigenvalue weighted by molar-refractivity contribution is -0.145. The summed E-state index contributed by atoms with van der Waals surface area (Å²) in [6.07, 6.45) is 0.489. The summed E-state index contributed by atoms with van der Waals surface area (Å²) < 4.78 is 11.3. The number of halogens is 2. The molecule has 6 heteroatoms. The molecule has 0 aliphatic heterocycles. The van der Waals surface area contributed by atoms with Gasteiger partial charge in [0.1, 0.15) is 6.04 Å². The van der Waals surface area contributed by atoms with Gasteiger partial charge in [0.25, 0.3) is 0 Å². The molecule has 1 rings (SSSR count). The largest absolute Gasteiger partial charge is 0.464 e. The summed E-state index contributed by atoms with van der Waals surface area (Å²) in [6.45, 7) is 5.99. The van der Waals surface area contributed by atoms with Crippen molar-refractivity contribution in [3.63, 3.8) is 0 Å². The highest BCUT2D eigenvalue weighted by Gasteiger charge is 2.29. The van der Waals surface area contributed by atoms with E-state index in [9.17, 15) is 4.79 Å². The van der Waals surface area contributed by atoms with Crippen molar-refractivity contribution in [2.45, 2.75) is 38.8 Å². The van der Waals surface area contributed by atoms with Gasteiger partial charge in [-0.25, -0.2) is 4.79 Å². The van der Waals surface area contributed by atoms with E-state index < -0.39 is 11.6 Å². The Morgan fingerprint density at radius 2 is 2.14 bits per heavy atom. The number of carbonyl (C=O) groups excluding carboxylic acids is 1. The zero-order valence-electron chi connectivity index (χ0n) is 12.7.